The molecule has 0 atom stereocenters. The van der Waals surface area contributed by atoms with Crippen LogP contribution in [-0.4, -0.2) is 37.1 Å². The first-order valence-corrected chi connectivity index (χ1v) is 11.4. The number of halogens is 1. The Bertz CT molecular complexity index is 1170. The maximum Gasteiger partial charge on any atom is 0.252 e. The number of nitrogens with zero attached hydrogens (tertiary/aromatic N) is 2. The lowest BCUT2D eigenvalue weighted by Crippen LogP contribution is -2.41. The fraction of sp³-hybridized carbons (Fsp3) is 0.385. The quantitative estimate of drug-likeness (QED) is 0.632. The summed E-state index contributed by atoms with van der Waals surface area (Å²) in [4.78, 5) is 19.9. The summed E-state index contributed by atoms with van der Waals surface area (Å²) < 4.78 is 14.3. The van der Waals surface area contributed by atoms with Crippen LogP contribution in [0.25, 0.3) is 10.9 Å². The minimum Gasteiger partial charge on any atom is -0.371 e. The van der Waals surface area contributed by atoms with E-state index in [9.17, 15) is 9.18 Å². The van der Waals surface area contributed by atoms with E-state index in [0.717, 1.165) is 61.0 Å². The van der Waals surface area contributed by atoms with E-state index in [-0.39, 0.29) is 11.7 Å². The van der Waals surface area contributed by atoms with E-state index < -0.39 is 5.54 Å². The number of pyridine rings is 1. The molecule has 1 aromatic heterocycles. The minimum absolute atomic E-state index is 0.0815. The predicted molar refractivity (Wildman–Crippen MR) is 126 cm³/mol. The van der Waals surface area contributed by atoms with Gasteiger partial charge in [0.1, 0.15) is 11.3 Å². The molecule has 1 amide bonds. The van der Waals surface area contributed by atoms with Gasteiger partial charge in [-0.2, -0.15) is 0 Å². The first-order chi connectivity index (χ1) is 15.5. The molecule has 2 fully saturated rings. The Kier molecular flexibility index (Phi) is 5.33. The van der Waals surface area contributed by atoms with Crippen molar-refractivity contribution in [1.29, 1.82) is 0 Å². The molecule has 2 aliphatic rings. The van der Waals surface area contributed by atoms with Crippen LogP contribution in [0.4, 0.5) is 10.1 Å². The molecule has 0 unspecified atom stereocenters. The number of piperidine rings is 1. The van der Waals surface area contributed by atoms with Gasteiger partial charge < -0.3 is 15.5 Å². The summed E-state index contributed by atoms with van der Waals surface area (Å²) in [6, 6.07) is 13.5. The third-order valence-corrected chi connectivity index (χ3v) is 7.07. The zero-order valence-corrected chi connectivity index (χ0v) is 18.6. The maximum absolute atomic E-state index is 14.3. The van der Waals surface area contributed by atoms with Crippen LogP contribution in [0.15, 0.2) is 48.7 Å². The Morgan fingerprint density at radius 2 is 1.97 bits per heavy atom. The van der Waals surface area contributed by atoms with Crippen LogP contribution >= 0.6 is 0 Å². The molecule has 2 aromatic carbocycles. The standard InChI is InChI=1S/C26H29FN4O/c1-17-5-6-19(31(2)18-9-14-28-15-10-18)16-21(17)25(32)30-26(11-12-26)22-7-8-23(27)24-20(22)4-3-13-29-24/h3-8,13,16,18,28H,9-12,14-15H2,1-2H3,(H,30,32). The number of amides is 1. The normalized spacial score (nSPS) is 17.8. The van der Waals surface area contributed by atoms with Crippen LogP contribution in [0.2, 0.25) is 0 Å². The molecule has 2 heterocycles. The Morgan fingerprint density at radius 3 is 2.72 bits per heavy atom. The molecule has 2 N–H and O–H groups in total. The summed E-state index contributed by atoms with van der Waals surface area (Å²) >= 11 is 0. The molecule has 3 aromatic rings. The van der Waals surface area contributed by atoms with Crippen LogP contribution in [0.3, 0.4) is 0 Å². The van der Waals surface area contributed by atoms with E-state index in [1.807, 2.05) is 31.2 Å². The number of hydrogen-bond acceptors (Lipinski definition) is 4. The third kappa shape index (κ3) is 3.73. The lowest BCUT2D eigenvalue weighted by Gasteiger charge is -2.33. The number of nitrogens with one attached hydrogen (secondary N) is 2. The Labute approximate surface area is 188 Å². The Hall–Kier alpha value is -2.99. The van der Waals surface area contributed by atoms with E-state index in [4.69, 9.17) is 0 Å². The number of rotatable bonds is 5. The van der Waals surface area contributed by atoms with E-state index in [0.29, 0.717) is 17.1 Å². The molecule has 166 valence electrons. The number of benzene rings is 2. The SMILES string of the molecule is Cc1ccc(N(C)C2CCNCC2)cc1C(=O)NC1(c2ccc(F)c3ncccc23)CC1. The van der Waals surface area contributed by atoms with Gasteiger partial charge in [0.05, 0.1) is 5.54 Å². The second-order valence-electron chi connectivity index (χ2n) is 9.12. The van der Waals surface area contributed by atoms with Crippen LogP contribution in [0.1, 0.15) is 47.2 Å². The predicted octanol–water partition coefficient (Wildman–Crippen LogP) is 4.29. The van der Waals surface area contributed by atoms with Crippen LogP contribution in [0, 0.1) is 12.7 Å². The van der Waals surface area contributed by atoms with Crippen LogP contribution in [0.5, 0.6) is 0 Å². The Balaban J connectivity index is 1.42. The van der Waals surface area contributed by atoms with Crippen LogP contribution < -0.4 is 15.5 Å². The van der Waals surface area contributed by atoms with Crippen molar-refractivity contribution in [3.05, 3.63) is 71.2 Å². The van der Waals surface area contributed by atoms with Crippen molar-refractivity contribution in [2.45, 2.75) is 44.2 Å². The Morgan fingerprint density at radius 1 is 1.19 bits per heavy atom. The molecule has 1 aliphatic carbocycles. The average molecular weight is 433 g/mol. The summed E-state index contributed by atoms with van der Waals surface area (Å²) in [6.45, 7) is 4.02. The average Bonchev–Trinajstić information content (AvgIpc) is 3.60. The topological polar surface area (TPSA) is 57.3 Å². The van der Waals surface area contributed by atoms with E-state index in [1.165, 1.54) is 6.07 Å². The van der Waals surface area contributed by atoms with Crippen molar-refractivity contribution in [1.82, 2.24) is 15.6 Å². The molecule has 1 saturated carbocycles. The van der Waals surface area contributed by atoms with Gasteiger partial charge in [-0.05, 0) is 81.1 Å². The van der Waals surface area contributed by atoms with Gasteiger partial charge in [0, 0.05) is 35.9 Å². The summed E-state index contributed by atoms with van der Waals surface area (Å²) in [5.41, 5.74) is 3.54. The van der Waals surface area contributed by atoms with Crippen molar-refractivity contribution in [2.24, 2.45) is 0 Å². The second-order valence-corrected chi connectivity index (χ2v) is 9.12. The number of carbonyl (C=O) groups is 1. The molecular formula is C26H29FN4O. The number of fused-ring (bicyclic) bond motifs is 1. The van der Waals surface area contributed by atoms with Gasteiger partial charge >= 0.3 is 0 Å². The monoisotopic (exact) mass is 432 g/mol. The third-order valence-electron chi connectivity index (χ3n) is 7.07. The molecule has 5 nitrogen and oxygen atoms in total. The molecule has 1 saturated heterocycles. The molecule has 1 aliphatic heterocycles. The largest absolute Gasteiger partial charge is 0.371 e. The molecule has 0 radical (unpaired) electrons. The van der Waals surface area contributed by atoms with Crippen molar-refractivity contribution in [3.8, 4) is 0 Å². The number of hydrogen-bond donors (Lipinski definition) is 2. The number of anilines is 1. The highest BCUT2D eigenvalue weighted by Crippen LogP contribution is 2.48. The number of carbonyl (C=O) groups excluding carboxylic acids is 1. The zero-order chi connectivity index (χ0) is 22.3. The lowest BCUT2D eigenvalue weighted by atomic mass is 9.97. The number of aromatic nitrogens is 1. The highest BCUT2D eigenvalue weighted by atomic mass is 19.1. The lowest BCUT2D eigenvalue weighted by molar-refractivity contribution is 0.0930. The van der Waals surface area contributed by atoms with E-state index >= 15 is 0 Å². The first-order valence-electron chi connectivity index (χ1n) is 11.4. The summed E-state index contributed by atoms with van der Waals surface area (Å²) in [7, 11) is 2.11. The van der Waals surface area contributed by atoms with E-state index in [1.54, 1.807) is 12.3 Å². The zero-order valence-electron chi connectivity index (χ0n) is 18.6. The highest BCUT2D eigenvalue weighted by Gasteiger charge is 2.47. The van der Waals surface area contributed by atoms with Gasteiger partial charge in [-0.1, -0.05) is 18.2 Å². The first kappa shape index (κ1) is 20.9. The molecule has 0 bridgehead atoms. The number of aryl methyl sites for hydroxylation is 1. The molecule has 32 heavy (non-hydrogen) atoms. The maximum atomic E-state index is 14.3. The van der Waals surface area contributed by atoms with Gasteiger partial charge in [0.25, 0.3) is 5.91 Å². The summed E-state index contributed by atoms with van der Waals surface area (Å²) in [5.74, 6) is -0.419. The van der Waals surface area contributed by atoms with Crippen molar-refractivity contribution in [3.63, 3.8) is 0 Å². The van der Waals surface area contributed by atoms with Gasteiger partial charge in [0.2, 0.25) is 0 Å². The molecule has 5 rings (SSSR count). The van der Waals surface area contributed by atoms with E-state index in [2.05, 4.69) is 33.6 Å². The molecular weight excluding hydrogens is 403 g/mol. The smallest absolute Gasteiger partial charge is 0.252 e. The fourth-order valence-electron chi connectivity index (χ4n) is 4.91. The van der Waals surface area contributed by atoms with Crippen molar-refractivity contribution >= 4 is 22.5 Å². The van der Waals surface area contributed by atoms with Gasteiger partial charge in [-0.3, -0.25) is 9.78 Å². The molecule has 0 spiro atoms. The van der Waals surface area contributed by atoms with Gasteiger partial charge in [-0.15, -0.1) is 0 Å². The van der Waals surface area contributed by atoms with Crippen molar-refractivity contribution in [2.75, 3.05) is 25.0 Å². The molecule has 6 heteroatoms. The second kappa shape index (κ2) is 8.17. The van der Waals surface area contributed by atoms with Crippen LogP contribution in [-0.2, 0) is 5.54 Å². The van der Waals surface area contributed by atoms with Crippen molar-refractivity contribution < 1.29 is 9.18 Å². The highest BCUT2D eigenvalue weighted by molar-refractivity contribution is 5.98. The van der Waals surface area contributed by atoms with Gasteiger partial charge in [0.15, 0.2) is 0 Å². The van der Waals surface area contributed by atoms with Gasteiger partial charge in [-0.25, -0.2) is 4.39 Å². The summed E-state index contributed by atoms with van der Waals surface area (Å²) in [6.07, 6.45) is 5.46. The minimum atomic E-state index is -0.463. The summed E-state index contributed by atoms with van der Waals surface area (Å²) in [5, 5.41) is 7.45. The fourth-order valence-corrected chi connectivity index (χ4v) is 4.91.